The first-order chi connectivity index (χ1) is 9.95. The lowest BCUT2D eigenvalue weighted by Crippen LogP contribution is -2.57. The molecule has 116 valence electrons. The van der Waals surface area contributed by atoms with Crippen LogP contribution in [0.5, 0.6) is 0 Å². The first-order valence-corrected chi connectivity index (χ1v) is 8.02. The van der Waals surface area contributed by atoms with Gasteiger partial charge < -0.3 is 10.4 Å². The Hall–Kier alpha value is -1.20. The molecule has 0 saturated carbocycles. The van der Waals surface area contributed by atoms with Gasteiger partial charge in [-0.05, 0) is 37.7 Å². The van der Waals surface area contributed by atoms with Crippen molar-refractivity contribution in [3.05, 3.63) is 28.2 Å². The van der Waals surface area contributed by atoms with Crippen LogP contribution in [0.15, 0.2) is 16.9 Å². The Bertz CT molecular complexity index is 555. The van der Waals surface area contributed by atoms with Gasteiger partial charge in [-0.3, -0.25) is 4.79 Å². The van der Waals surface area contributed by atoms with Crippen molar-refractivity contribution >= 4 is 0 Å². The smallest absolute Gasteiger partial charge is 0.266 e. The van der Waals surface area contributed by atoms with Gasteiger partial charge in [0.1, 0.15) is 0 Å². The normalized spacial score (nSPS) is 32.4. The zero-order chi connectivity index (χ0) is 15.0. The Labute approximate surface area is 125 Å². The van der Waals surface area contributed by atoms with E-state index in [9.17, 15) is 9.90 Å². The summed E-state index contributed by atoms with van der Waals surface area (Å²) >= 11 is 0. The molecule has 0 spiro atoms. The number of piperidine rings is 2. The summed E-state index contributed by atoms with van der Waals surface area (Å²) in [6, 6.07) is 4.11. The average Bonchev–Trinajstić information content (AvgIpc) is 2.40. The first kappa shape index (κ1) is 14.7. The van der Waals surface area contributed by atoms with Crippen molar-refractivity contribution in [2.24, 2.45) is 0 Å². The summed E-state index contributed by atoms with van der Waals surface area (Å²) in [5.41, 5.74) is -0.0446. The van der Waals surface area contributed by atoms with Crippen LogP contribution in [0, 0.1) is 0 Å². The average molecular weight is 291 g/mol. The summed E-state index contributed by atoms with van der Waals surface area (Å²) in [6.45, 7) is 4.42. The van der Waals surface area contributed by atoms with Gasteiger partial charge in [0, 0.05) is 18.2 Å². The lowest BCUT2D eigenvalue weighted by atomic mass is 9.77. The van der Waals surface area contributed by atoms with E-state index in [0.717, 1.165) is 18.5 Å². The molecule has 1 aromatic heterocycles. The van der Waals surface area contributed by atoms with Crippen molar-refractivity contribution in [1.82, 2.24) is 15.1 Å². The van der Waals surface area contributed by atoms with Gasteiger partial charge in [-0.15, -0.1) is 0 Å². The van der Waals surface area contributed by atoms with Crippen molar-refractivity contribution in [2.45, 2.75) is 76.1 Å². The summed E-state index contributed by atoms with van der Waals surface area (Å²) < 4.78 is 1.45. The number of nitrogens with one attached hydrogen (secondary N) is 1. The van der Waals surface area contributed by atoms with Crippen LogP contribution in [0.3, 0.4) is 0 Å². The van der Waals surface area contributed by atoms with E-state index in [1.807, 2.05) is 0 Å². The minimum Gasteiger partial charge on any atom is -0.388 e. The van der Waals surface area contributed by atoms with E-state index in [1.165, 1.54) is 11.1 Å². The van der Waals surface area contributed by atoms with Crippen molar-refractivity contribution in [1.29, 1.82) is 0 Å². The monoisotopic (exact) mass is 291 g/mol. The molecular formula is C16H25N3O2. The van der Waals surface area contributed by atoms with Crippen LogP contribution >= 0.6 is 0 Å². The predicted octanol–water partition coefficient (Wildman–Crippen LogP) is 1.40. The van der Waals surface area contributed by atoms with E-state index in [4.69, 9.17) is 0 Å². The van der Waals surface area contributed by atoms with Crippen LogP contribution in [0.1, 0.15) is 57.6 Å². The molecule has 2 saturated heterocycles. The fourth-order valence-electron chi connectivity index (χ4n) is 3.73. The molecule has 0 aromatic carbocycles. The molecule has 3 rings (SSSR count). The Morgan fingerprint density at radius 3 is 2.67 bits per heavy atom. The van der Waals surface area contributed by atoms with Gasteiger partial charge in [-0.1, -0.05) is 20.3 Å². The molecule has 5 nitrogen and oxygen atoms in total. The van der Waals surface area contributed by atoms with Crippen LogP contribution in [0.25, 0.3) is 0 Å². The molecule has 0 unspecified atom stereocenters. The van der Waals surface area contributed by atoms with Gasteiger partial charge in [0.05, 0.1) is 17.8 Å². The van der Waals surface area contributed by atoms with E-state index in [1.54, 1.807) is 12.1 Å². The third-order valence-electron chi connectivity index (χ3n) is 4.75. The number of nitrogens with zero attached hydrogens (tertiary/aromatic N) is 2. The number of aliphatic hydroxyl groups is 1. The maximum absolute atomic E-state index is 12.0. The molecule has 1 aromatic rings. The van der Waals surface area contributed by atoms with Crippen molar-refractivity contribution in [3.8, 4) is 0 Å². The summed E-state index contributed by atoms with van der Waals surface area (Å²) in [5, 5.41) is 18.9. The first-order valence-electron chi connectivity index (χ1n) is 8.02. The number of aromatic nitrogens is 2. The van der Waals surface area contributed by atoms with Gasteiger partial charge in [0.15, 0.2) is 0 Å². The van der Waals surface area contributed by atoms with E-state index in [2.05, 4.69) is 24.3 Å². The van der Waals surface area contributed by atoms with E-state index < -0.39 is 5.60 Å². The molecule has 2 N–H and O–H groups in total. The molecule has 2 aliphatic rings. The van der Waals surface area contributed by atoms with Crippen LogP contribution < -0.4 is 10.9 Å². The van der Waals surface area contributed by atoms with Crippen molar-refractivity contribution in [3.63, 3.8) is 0 Å². The third-order valence-corrected chi connectivity index (χ3v) is 4.75. The molecule has 2 atom stereocenters. The summed E-state index contributed by atoms with van der Waals surface area (Å²) in [6.07, 6.45) is 4.90. The van der Waals surface area contributed by atoms with E-state index >= 15 is 0 Å². The molecule has 0 radical (unpaired) electrons. The second-order valence-electron chi connectivity index (χ2n) is 7.03. The third kappa shape index (κ3) is 3.19. The highest BCUT2D eigenvalue weighted by atomic mass is 16.3. The maximum atomic E-state index is 12.0. The molecule has 2 fully saturated rings. The Balaban J connectivity index is 1.82. The molecule has 0 amide bonds. The van der Waals surface area contributed by atoms with Gasteiger partial charge in [0.2, 0.25) is 0 Å². The highest BCUT2D eigenvalue weighted by Gasteiger charge is 2.41. The van der Waals surface area contributed by atoms with E-state index in [0.29, 0.717) is 31.5 Å². The van der Waals surface area contributed by atoms with Crippen molar-refractivity contribution < 1.29 is 5.11 Å². The fraction of sp³-hybridized carbons (Fsp3) is 0.750. The van der Waals surface area contributed by atoms with Gasteiger partial charge >= 0.3 is 0 Å². The van der Waals surface area contributed by atoms with Gasteiger partial charge in [-0.25, -0.2) is 4.68 Å². The summed E-state index contributed by atoms with van der Waals surface area (Å²) in [5.74, 6) is 0.277. The summed E-state index contributed by atoms with van der Waals surface area (Å²) in [4.78, 5) is 12.0. The zero-order valence-corrected chi connectivity index (χ0v) is 12.9. The van der Waals surface area contributed by atoms with Crippen LogP contribution in [-0.4, -0.2) is 32.6 Å². The van der Waals surface area contributed by atoms with Crippen LogP contribution in [-0.2, 0) is 6.54 Å². The lowest BCUT2D eigenvalue weighted by Gasteiger charge is -2.45. The highest BCUT2D eigenvalue weighted by Crippen LogP contribution is 2.33. The van der Waals surface area contributed by atoms with Crippen LogP contribution in [0.2, 0.25) is 0 Å². The SMILES string of the molecule is CC(C)c1ccc(=O)n(CC2(O)C[C@H]3CCC[C@H](C2)N3)n1. The molecule has 2 aliphatic heterocycles. The maximum Gasteiger partial charge on any atom is 0.266 e. The van der Waals surface area contributed by atoms with E-state index in [-0.39, 0.29) is 11.5 Å². The Kier molecular flexibility index (Phi) is 3.88. The number of rotatable bonds is 3. The number of fused-ring (bicyclic) bond motifs is 2. The highest BCUT2D eigenvalue weighted by molar-refractivity contribution is 5.05. The summed E-state index contributed by atoms with van der Waals surface area (Å²) in [7, 11) is 0. The Morgan fingerprint density at radius 1 is 1.38 bits per heavy atom. The van der Waals surface area contributed by atoms with Gasteiger partial charge in [0.25, 0.3) is 5.56 Å². The van der Waals surface area contributed by atoms with Crippen molar-refractivity contribution in [2.75, 3.05) is 0 Å². The quantitative estimate of drug-likeness (QED) is 0.883. The Morgan fingerprint density at radius 2 is 2.05 bits per heavy atom. The lowest BCUT2D eigenvalue weighted by molar-refractivity contribution is -0.0467. The molecular weight excluding hydrogens is 266 g/mol. The molecule has 2 bridgehead atoms. The molecule has 5 heteroatoms. The molecule has 3 heterocycles. The minimum atomic E-state index is -0.812. The standard InChI is InChI=1S/C16H25N3O2/c1-11(2)14-6-7-15(20)19(18-14)10-16(21)8-12-4-3-5-13(9-16)17-12/h6-7,11-13,17,21H,3-5,8-10H2,1-2H3/t12-,13-/m1/s1. The van der Waals surface area contributed by atoms with Gasteiger partial charge in [-0.2, -0.15) is 5.10 Å². The molecule has 0 aliphatic carbocycles. The molecule has 21 heavy (non-hydrogen) atoms. The minimum absolute atomic E-state index is 0.128. The largest absolute Gasteiger partial charge is 0.388 e. The second kappa shape index (κ2) is 5.54. The zero-order valence-electron chi connectivity index (χ0n) is 12.9. The van der Waals surface area contributed by atoms with Crippen LogP contribution in [0.4, 0.5) is 0 Å². The fourth-order valence-corrected chi connectivity index (χ4v) is 3.73. The number of hydrogen-bond donors (Lipinski definition) is 2. The second-order valence-corrected chi connectivity index (χ2v) is 7.03. The topological polar surface area (TPSA) is 67.2 Å². The predicted molar refractivity (Wildman–Crippen MR) is 81.3 cm³/mol. The number of hydrogen-bond acceptors (Lipinski definition) is 4.